The quantitative estimate of drug-likeness (QED) is 0.775. The number of carbonyl (C=O) groups excluding carboxylic acids is 2. The van der Waals surface area contributed by atoms with E-state index in [1.54, 1.807) is 12.1 Å². The third-order valence-electron chi connectivity index (χ3n) is 1.44. The number of carbonyl (C=O) groups is 2. The fourth-order valence-electron chi connectivity index (χ4n) is 0.726. The summed E-state index contributed by atoms with van der Waals surface area (Å²) in [6, 6.07) is 3.19. The molecule has 1 rings (SSSR count). The third kappa shape index (κ3) is 3.86. The van der Waals surface area contributed by atoms with Gasteiger partial charge in [-0.3, -0.25) is 14.4 Å². The summed E-state index contributed by atoms with van der Waals surface area (Å²) >= 11 is 6.78. The van der Waals surface area contributed by atoms with Crippen LogP contribution in [-0.4, -0.2) is 25.5 Å². The zero-order valence-corrected chi connectivity index (χ0v) is 9.45. The van der Waals surface area contributed by atoms with Crippen molar-refractivity contribution in [3.63, 3.8) is 0 Å². The largest absolute Gasteiger partial charge is 0.357 e. The van der Waals surface area contributed by atoms with Crippen molar-refractivity contribution in [2.45, 2.75) is 0 Å². The lowest BCUT2D eigenvalue weighted by Crippen LogP contribution is -2.30. The molecule has 0 aromatic carbocycles. The maximum atomic E-state index is 11.3. The van der Waals surface area contributed by atoms with Crippen LogP contribution in [0.2, 0.25) is 4.34 Å². The van der Waals surface area contributed by atoms with Gasteiger partial charge in [-0.15, -0.1) is 11.3 Å². The molecule has 0 saturated heterocycles. The molecule has 1 aromatic rings. The van der Waals surface area contributed by atoms with Crippen LogP contribution in [0.25, 0.3) is 0 Å². The molecular weight excluding hydrogens is 240 g/mol. The second-order valence-corrected chi connectivity index (χ2v) is 4.21. The van der Waals surface area contributed by atoms with Crippen molar-refractivity contribution < 1.29 is 14.4 Å². The van der Waals surface area contributed by atoms with Crippen LogP contribution in [0, 0.1) is 0 Å². The molecule has 0 aliphatic carbocycles. The molecule has 0 aliphatic rings. The highest BCUT2D eigenvalue weighted by molar-refractivity contribution is 7.17. The Morgan fingerprint density at radius 3 is 2.80 bits per heavy atom. The van der Waals surface area contributed by atoms with Gasteiger partial charge in [-0.05, 0) is 12.1 Å². The second-order valence-electron chi connectivity index (χ2n) is 2.50. The van der Waals surface area contributed by atoms with Crippen molar-refractivity contribution >= 4 is 34.8 Å². The Bertz CT molecular complexity index is 367. The molecule has 0 fully saturated rings. The molecular formula is C8H9ClN2O3S. The molecule has 15 heavy (non-hydrogen) atoms. The topological polar surface area (TPSA) is 67.4 Å². The smallest absolute Gasteiger partial charge is 0.284 e. The highest BCUT2D eigenvalue weighted by Crippen LogP contribution is 2.20. The van der Waals surface area contributed by atoms with E-state index in [-0.39, 0.29) is 12.5 Å². The first-order valence-electron chi connectivity index (χ1n) is 4.01. The van der Waals surface area contributed by atoms with Crippen molar-refractivity contribution in [2.24, 2.45) is 0 Å². The molecule has 1 aromatic heterocycles. The third-order valence-corrected chi connectivity index (χ3v) is 2.67. The summed E-state index contributed by atoms with van der Waals surface area (Å²) in [5, 5.41) is 2.35. The SMILES string of the molecule is CNC(=O)CONC(=O)c1ccc(Cl)s1. The van der Waals surface area contributed by atoms with Gasteiger partial charge in [-0.25, -0.2) is 5.48 Å². The van der Waals surface area contributed by atoms with Gasteiger partial charge in [0.1, 0.15) is 0 Å². The Kier molecular flexibility index (Phi) is 4.54. The van der Waals surface area contributed by atoms with Gasteiger partial charge in [0.2, 0.25) is 5.91 Å². The van der Waals surface area contributed by atoms with Crippen LogP contribution >= 0.6 is 22.9 Å². The van der Waals surface area contributed by atoms with Gasteiger partial charge >= 0.3 is 0 Å². The lowest BCUT2D eigenvalue weighted by molar-refractivity contribution is -0.126. The number of thiophene rings is 1. The Labute approximate surface area is 95.3 Å². The molecule has 0 spiro atoms. The molecule has 1 heterocycles. The second kappa shape index (κ2) is 5.69. The van der Waals surface area contributed by atoms with Crippen LogP contribution < -0.4 is 10.8 Å². The zero-order chi connectivity index (χ0) is 11.3. The van der Waals surface area contributed by atoms with Gasteiger partial charge in [-0.2, -0.15) is 0 Å². The van der Waals surface area contributed by atoms with Crippen LogP contribution in [0.4, 0.5) is 0 Å². The van der Waals surface area contributed by atoms with Crippen molar-refractivity contribution in [1.29, 1.82) is 0 Å². The first kappa shape index (κ1) is 12.0. The number of likely N-dealkylation sites (N-methyl/N-ethyl adjacent to an activating group) is 1. The van der Waals surface area contributed by atoms with Crippen molar-refractivity contribution in [1.82, 2.24) is 10.8 Å². The minimum absolute atomic E-state index is 0.221. The number of amides is 2. The number of nitrogens with one attached hydrogen (secondary N) is 2. The maximum Gasteiger partial charge on any atom is 0.284 e. The maximum absolute atomic E-state index is 11.3. The summed E-state index contributed by atoms with van der Waals surface area (Å²) < 4.78 is 0.520. The van der Waals surface area contributed by atoms with Gasteiger partial charge in [-0.1, -0.05) is 11.6 Å². The average molecular weight is 249 g/mol. The summed E-state index contributed by atoms with van der Waals surface area (Å²) in [4.78, 5) is 27.1. The minimum atomic E-state index is -0.421. The Morgan fingerprint density at radius 1 is 1.53 bits per heavy atom. The van der Waals surface area contributed by atoms with E-state index in [9.17, 15) is 9.59 Å². The number of hydrogen-bond donors (Lipinski definition) is 2. The molecule has 5 nitrogen and oxygen atoms in total. The molecule has 0 atom stereocenters. The molecule has 0 aliphatic heterocycles. The van der Waals surface area contributed by atoms with E-state index < -0.39 is 5.91 Å². The minimum Gasteiger partial charge on any atom is -0.357 e. The van der Waals surface area contributed by atoms with Crippen LogP contribution in [0.5, 0.6) is 0 Å². The van der Waals surface area contributed by atoms with E-state index in [0.717, 1.165) is 11.3 Å². The van der Waals surface area contributed by atoms with E-state index in [1.165, 1.54) is 7.05 Å². The van der Waals surface area contributed by atoms with Crippen molar-refractivity contribution in [3.8, 4) is 0 Å². The summed E-state index contributed by atoms with van der Waals surface area (Å²) in [5.41, 5.74) is 2.13. The molecule has 7 heteroatoms. The van der Waals surface area contributed by atoms with Crippen LogP contribution in [0.1, 0.15) is 9.67 Å². The summed E-state index contributed by atoms with van der Waals surface area (Å²) in [7, 11) is 1.48. The Balaban J connectivity index is 2.34. The molecule has 2 amide bonds. The summed E-state index contributed by atoms with van der Waals surface area (Å²) in [6.07, 6.45) is 0. The van der Waals surface area contributed by atoms with E-state index in [2.05, 4.69) is 15.6 Å². The standard InChI is InChI=1S/C8H9ClN2O3S/c1-10-7(12)4-14-11-8(13)5-2-3-6(9)15-5/h2-3H,4H2,1H3,(H,10,12)(H,11,13). The van der Waals surface area contributed by atoms with Crippen LogP contribution in [0.3, 0.4) is 0 Å². The zero-order valence-electron chi connectivity index (χ0n) is 7.87. The van der Waals surface area contributed by atoms with Crippen LogP contribution in [-0.2, 0) is 9.63 Å². The van der Waals surface area contributed by atoms with E-state index in [4.69, 9.17) is 11.6 Å². The van der Waals surface area contributed by atoms with Gasteiger partial charge < -0.3 is 5.32 Å². The van der Waals surface area contributed by atoms with Crippen molar-refractivity contribution in [3.05, 3.63) is 21.3 Å². The van der Waals surface area contributed by atoms with E-state index >= 15 is 0 Å². The van der Waals surface area contributed by atoms with Gasteiger partial charge in [0.25, 0.3) is 5.91 Å². The first-order valence-corrected chi connectivity index (χ1v) is 5.21. The fourth-order valence-corrected chi connectivity index (χ4v) is 1.65. The number of halogens is 1. The van der Waals surface area contributed by atoms with Gasteiger partial charge in [0, 0.05) is 7.05 Å². The van der Waals surface area contributed by atoms with E-state index in [0.29, 0.717) is 9.21 Å². The predicted octanol–water partition coefficient (Wildman–Crippen LogP) is 0.809. The average Bonchev–Trinajstić information content (AvgIpc) is 2.64. The highest BCUT2D eigenvalue weighted by Gasteiger charge is 2.08. The lowest BCUT2D eigenvalue weighted by Gasteiger charge is -2.02. The Morgan fingerprint density at radius 2 is 2.27 bits per heavy atom. The van der Waals surface area contributed by atoms with Gasteiger partial charge in [0.15, 0.2) is 6.61 Å². The Hall–Kier alpha value is -1.11. The molecule has 0 saturated carbocycles. The molecule has 0 radical (unpaired) electrons. The van der Waals surface area contributed by atoms with E-state index in [1.807, 2.05) is 0 Å². The van der Waals surface area contributed by atoms with Gasteiger partial charge in [0.05, 0.1) is 9.21 Å². The monoisotopic (exact) mass is 248 g/mol. The molecule has 0 bridgehead atoms. The highest BCUT2D eigenvalue weighted by atomic mass is 35.5. The fraction of sp³-hybridized carbons (Fsp3) is 0.250. The number of hydrogen-bond acceptors (Lipinski definition) is 4. The normalized spacial score (nSPS) is 9.73. The molecule has 2 N–H and O–H groups in total. The summed E-state index contributed by atoms with van der Waals surface area (Å²) in [6.45, 7) is -0.221. The molecule has 82 valence electrons. The first-order chi connectivity index (χ1) is 7.13. The van der Waals surface area contributed by atoms with Crippen LogP contribution in [0.15, 0.2) is 12.1 Å². The number of rotatable bonds is 4. The summed E-state index contributed by atoms with van der Waals surface area (Å²) in [5.74, 6) is -0.740. The van der Waals surface area contributed by atoms with Crippen molar-refractivity contribution in [2.75, 3.05) is 13.7 Å². The lowest BCUT2D eigenvalue weighted by atomic mass is 10.5. The predicted molar refractivity (Wildman–Crippen MR) is 56.8 cm³/mol. The molecule has 0 unspecified atom stereocenters. The number of hydroxylamine groups is 1.